The van der Waals surface area contributed by atoms with Crippen molar-refractivity contribution in [1.82, 2.24) is 4.90 Å². The second-order valence-electron chi connectivity index (χ2n) is 9.58. The Kier molecular flexibility index (Phi) is 6.61. The minimum atomic E-state index is -0.878. The first-order chi connectivity index (χ1) is 16.2. The summed E-state index contributed by atoms with van der Waals surface area (Å²) in [6, 6.07) is 13.6. The van der Waals surface area contributed by atoms with Gasteiger partial charge in [-0.05, 0) is 44.0 Å². The molecule has 0 spiro atoms. The van der Waals surface area contributed by atoms with Gasteiger partial charge in [0.2, 0.25) is 0 Å². The van der Waals surface area contributed by atoms with Gasteiger partial charge in [0.1, 0.15) is 17.7 Å². The van der Waals surface area contributed by atoms with E-state index in [1.165, 1.54) is 16.9 Å². The molecule has 2 aliphatic rings. The summed E-state index contributed by atoms with van der Waals surface area (Å²) in [6.07, 6.45) is 0.191. The molecule has 0 bridgehead atoms. The molecule has 1 N–H and O–H groups in total. The molecule has 0 saturated heterocycles. The average Bonchev–Trinajstić information content (AvgIpc) is 3.39. The van der Waals surface area contributed by atoms with Gasteiger partial charge < -0.3 is 14.8 Å². The quantitative estimate of drug-likeness (QED) is 0.681. The molecule has 0 radical (unpaired) electrons. The smallest absolute Gasteiger partial charge is 0.415 e. The highest BCUT2D eigenvalue weighted by Gasteiger charge is 2.44. The number of rotatable bonds is 5. The van der Waals surface area contributed by atoms with Crippen LogP contribution in [-0.2, 0) is 31.9 Å². The van der Waals surface area contributed by atoms with Crippen molar-refractivity contribution in [2.24, 2.45) is 0 Å². The van der Waals surface area contributed by atoms with Crippen LogP contribution in [0.5, 0.6) is 0 Å². The molecule has 0 unspecified atom stereocenters. The molecule has 0 aliphatic carbocycles. The summed E-state index contributed by atoms with van der Waals surface area (Å²) in [5.41, 5.74) is 2.68. The lowest BCUT2D eigenvalue weighted by atomic mass is 10.1. The van der Waals surface area contributed by atoms with Crippen LogP contribution in [0.1, 0.15) is 31.9 Å². The van der Waals surface area contributed by atoms with E-state index in [2.05, 4.69) is 5.32 Å². The first-order valence-electron chi connectivity index (χ1n) is 11.5. The van der Waals surface area contributed by atoms with Crippen LogP contribution in [-0.4, -0.2) is 60.8 Å². The SMILES string of the molecule is COCCN(C(=O)[C@H]1Cc2ccccc2N1C(=O)OC(C)(C)C)C(=O)[C@H]1Cc2ccccc2N1. The highest BCUT2D eigenvalue weighted by atomic mass is 16.6. The van der Waals surface area contributed by atoms with E-state index in [1.54, 1.807) is 26.8 Å². The molecule has 34 heavy (non-hydrogen) atoms. The maximum absolute atomic E-state index is 13.8. The minimum absolute atomic E-state index is 0.0949. The fourth-order valence-electron chi connectivity index (χ4n) is 4.45. The van der Waals surface area contributed by atoms with Crippen LogP contribution < -0.4 is 10.2 Å². The van der Waals surface area contributed by atoms with Crippen LogP contribution in [0.4, 0.5) is 16.2 Å². The lowest BCUT2D eigenvalue weighted by Gasteiger charge is -2.32. The standard InChI is InChI=1S/C26H31N3O5/c1-26(2,3)34-25(32)29-21-12-8-6-10-18(21)16-22(29)24(31)28(13-14-33-4)23(30)20-15-17-9-5-7-11-19(17)27-20/h5-12,20,22,27H,13-16H2,1-4H3/t20-,22-/m1/s1. The molecule has 2 heterocycles. The molecule has 180 valence electrons. The zero-order valence-electron chi connectivity index (χ0n) is 20.0. The van der Waals surface area contributed by atoms with Crippen molar-refractivity contribution < 1.29 is 23.9 Å². The molecular formula is C26H31N3O5. The Morgan fingerprint density at radius 1 is 1.00 bits per heavy atom. The molecule has 2 aliphatic heterocycles. The first kappa shape index (κ1) is 23.8. The second-order valence-corrected chi connectivity index (χ2v) is 9.58. The first-order valence-corrected chi connectivity index (χ1v) is 11.5. The fraction of sp³-hybridized carbons (Fsp3) is 0.423. The molecule has 8 heteroatoms. The maximum Gasteiger partial charge on any atom is 0.415 e. The maximum atomic E-state index is 13.8. The summed E-state index contributed by atoms with van der Waals surface area (Å²) < 4.78 is 10.8. The van der Waals surface area contributed by atoms with Gasteiger partial charge in [-0.1, -0.05) is 36.4 Å². The highest BCUT2D eigenvalue weighted by molar-refractivity contribution is 6.07. The summed E-state index contributed by atoms with van der Waals surface area (Å²) >= 11 is 0. The van der Waals surface area contributed by atoms with E-state index in [1.807, 2.05) is 42.5 Å². The summed E-state index contributed by atoms with van der Waals surface area (Å²) in [5, 5.41) is 3.23. The average molecular weight is 466 g/mol. The molecule has 0 fully saturated rings. The Morgan fingerprint density at radius 2 is 1.68 bits per heavy atom. The molecular weight excluding hydrogens is 434 g/mol. The monoisotopic (exact) mass is 465 g/mol. The lowest BCUT2D eigenvalue weighted by Crippen LogP contribution is -2.55. The topological polar surface area (TPSA) is 88.2 Å². The van der Waals surface area contributed by atoms with Crippen molar-refractivity contribution >= 4 is 29.3 Å². The number of fused-ring (bicyclic) bond motifs is 2. The van der Waals surface area contributed by atoms with Crippen LogP contribution in [0.3, 0.4) is 0 Å². The molecule has 4 rings (SSSR count). The Hall–Kier alpha value is -3.39. The van der Waals surface area contributed by atoms with Gasteiger partial charge in [0.15, 0.2) is 0 Å². The number of amides is 3. The van der Waals surface area contributed by atoms with Crippen molar-refractivity contribution in [1.29, 1.82) is 0 Å². The van der Waals surface area contributed by atoms with E-state index in [0.29, 0.717) is 18.5 Å². The number of hydrogen-bond donors (Lipinski definition) is 1. The summed E-state index contributed by atoms with van der Waals surface area (Å²) in [4.78, 5) is 43.2. The summed E-state index contributed by atoms with van der Waals surface area (Å²) in [6.45, 7) is 5.63. The van der Waals surface area contributed by atoms with Gasteiger partial charge in [0.25, 0.3) is 11.8 Å². The van der Waals surface area contributed by atoms with Crippen LogP contribution >= 0.6 is 0 Å². The molecule has 2 aromatic carbocycles. The largest absolute Gasteiger partial charge is 0.443 e. The number of carbonyl (C=O) groups is 3. The molecule has 8 nitrogen and oxygen atoms in total. The highest BCUT2D eigenvalue weighted by Crippen LogP contribution is 2.35. The second kappa shape index (κ2) is 9.46. The van der Waals surface area contributed by atoms with Crippen LogP contribution in [0, 0.1) is 0 Å². The Balaban J connectivity index is 1.61. The number of carbonyl (C=O) groups excluding carboxylic acids is 3. The van der Waals surface area contributed by atoms with Crippen molar-refractivity contribution in [3.8, 4) is 0 Å². The molecule has 3 amide bonds. The molecule has 0 saturated carbocycles. The third kappa shape index (κ3) is 4.77. The molecule has 2 aromatic rings. The third-order valence-electron chi connectivity index (χ3n) is 5.97. The lowest BCUT2D eigenvalue weighted by molar-refractivity contribution is -0.146. The van der Waals surface area contributed by atoms with E-state index in [9.17, 15) is 14.4 Å². The number of nitrogens with zero attached hydrogens (tertiary/aromatic N) is 2. The van der Waals surface area contributed by atoms with Crippen molar-refractivity contribution in [2.75, 3.05) is 30.5 Å². The van der Waals surface area contributed by atoms with E-state index in [0.717, 1.165) is 16.8 Å². The summed E-state index contributed by atoms with van der Waals surface area (Å²) in [7, 11) is 1.52. The molecule has 0 aromatic heterocycles. The predicted octanol–water partition coefficient (Wildman–Crippen LogP) is 3.39. The van der Waals surface area contributed by atoms with Crippen LogP contribution in [0.25, 0.3) is 0 Å². The van der Waals surface area contributed by atoms with Crippen molar-refractivity contribution in [3.05, 3.63) is 59.7 Å². The van der Waals surface area contributed by atoms with Gasteiger partial charge in [0, 0.05) is 25.6 Å². The molecule has 2 atom stereocenters. The number of imide groups is 1. The predicted molar refractivity (Wildman–Crippen MR) is 129 cm³/mol. The number of methoxy groups -OCH3 is 1. The van der Waals surface area contributed by atoms with Gasteiger partial charge in [0.05, 0.1) is 18.8 Å². The number of anilines is 2. The summed E-state index contributed by atoms with van der Waals surface area (Å²) in [5.74, 6) is -0.778. The van der Waals surface area contributed by atoms with Gasteiger partial charge in [-0.25, -0.2) is 4.79 Å². The Morgan fingerprint density at radius 3 is 2.35 bits per heavy atom. The van der Waals surface area contributed by atoms with Gasteiger partial charge in [-0.15, -0.1) is 0 Å². The zero-order chi connectivity index (χ0) is 24.5. The fourth-order valence-corrected chi connectivity index (χ4v) is 4.45. The van der Waals surface area contributed by atoms with Gasteiger partial charge in [-0.3, -0.25) is 19.4 Å². The Labute approximate surface area is 199 Å². The van der Waals surface area contributed by atoms with Crippen LogP contribution in [0.2, 0.25) is 0 Å². The minimum Gasteiger partial charge on any atom is -0.443 e. The van der Waals surface area contributed by atoms with Crippen molar-refractivity contribution in [2.45, 2.75) is 51.3 Å². The normalized spacial score (nSPS) is 18.6. The number of ether oxygens (including phenoxy) is 2. The Bertz CT molecular complexity index is 1070. The van der Waals surface area contributed by atoms with Gasteiger partial charge >= 0.3 is 6.09 Å². The van der Waals surface area contributed by atoms with E-state index < -0.39 is 29.7 Å². The zero-order valence-corrected chi connectivity index (χ0v) is 20.0. The van der Waals surface area contributed by atoms with E-state index >= 15 is 0 Å². The van der Waals surface area contributed by atoms with Gasteiger partial charge in [-0.2, -0.15) is 0 Å². The number of benzene rings is 2. The van der Waals surface area contributed by atoms with E-state index in [-0.39, 0.29) is 19.1 Å². The van der Waals surface area contributed by atoms with Crippen LogP contribution in [0.15, 0.2) is 48.5 Å². The number of hydrogen-bond acceptors (Lipinski definition) is 6. The third-order valence-corrected chi connectivity index (χ3v) is 5.97. The van der Waals surface area contributed by atoms with Crippen molar-refractivity contribution in [3.63, 3.8) is 0 Å². The number of nitrogens with one attached hydrogen (secondary N) is 1. The number of para-hydroxylation sites is 2. The van der Waals surface area contributed by atoms with E-state index in [4.69, 9.17) is 9.47 Å².